The standard InChI is InChI=1S/C14H22N2O3S/c1-2-19-10-13(17)9-15-4-6-16(7-5-15)14(18)12-3-8-20-11-12/h3,8,11,13,17H,2,4-7,9-10H2,1H3/t13-/m0/s1. The number of amides is 1. The Morgan fingerprint density at radius 2 is 2.20 bits per heavy atom. The summed E-state index contributed by atoms with van der Waals surface area (Å²) in [5.41, 5.74) is 0.778. The summed E-state index contributed by atoms with van der Waals surface area (Å²) in [6, 6.07) is 1.87. The third kappa shape index (κ3) is 4.28. The van der Waals surface area contributed by atoms with Crippen molar-refractivity contribution in [2.24, 2.45) is 0 Å². The average Bonchev–Trinajstić information content (AvgIpc) is 2.99. The van der Waals surface area contributed by atoms with Crippen molar-refractivity contribution in [3.63, 3.8) is 0 Å². The lowest BCUT2D eigenvalue weighted by molar-refractivity contribution is 0.0111. The fourth-order valence-electron chi connectivity index (χ4n) is 2.31. The number of hydrogen-bond donors (Lipinski definition) is 1. The Morgan fingerprint density at radius 3 is 2.80 bits per heavy atom. The molecule has 5 nitrogen and oxygen atoms in total. The first-order chi connectivity index (χ1) is 9.70. The van der Waals surface area contributed by atoms with Gasteiger partial charge in [0.25, 0.3) is 5.91 Å². The van der Waals surface area contributed by atoms with Crippen LogP contribution in [0.2, 0.25) is 0 Å². The first kappa shape index (κ1) is 15.4. The van der Waals surface area contributed by atoms with Crippen LogP contribution in [-0.2, 0) is 4.74 Å². The van der Waals surface area contributed by atoms with Crippen molar-refractivity contribution < 1.29 is 14.6 Å². The van der Waals surface area contributed by atoms with Gasteiger partial charge in [-0.15, -0.1) is 0 Å². The molecule has 1 aromatic heterocycles. The van der Waals surface area contributed by atoms with E-state index in [1.807, 2.05) is 28.7 Å². The first-order valence-electron chi connectivity index (χ1n) is 7.00. The summed E-state index contributed by atoms with van der Waals surface area (Å²) in [7, 11) is 0. The smallest absolute Gasteiger partial charge is 0.254 e. The predicted octanol–water partition coefficient (Wildman–Crippen LogP) is 0.903. The van der Waals surface area contributed by atoms with Crippen LogP contribution in [0.15, 0.2) is 16.8 Å². The zero-order chi connectivity index (χ0) is 14.4. The minimum absolute atomic E-state index is 0.112. The minimum Gasteiger partial charge on any atom is -0.389 e. The van der Waals surface area contributed by atoms with E-state index in [9.17, 15) is 9.90 Å². The Morgan fingerprint density at radius 1 is 1.45 bits per heavy atom. The maximum Gasteiger partial charge on any atom is 0.254 e. The van der Waals surface area contributed by atoms with Crippen LogP contribution in [0.25, 0.3) is 0 Å². The molecule has 112 valence electrons. The third-order valence-electron chi connectivity index (χ3n) is 3.41. The van der Waals surface area contributed by atoms with Crippen LogP contribution >= 0.6 is 11.3 Å². The molecule has 6 heteroatoms. The molecule has 1 aliphatic rings. The van der Waals surface area contributed by atoms with Crippen molar-refractivity contribution in [2.45, 2.75) is 13.0 Å². The highest BCUT2D eigenvalue weighted by Crippen LogP contribution is 2.12. The van der Waals surface area contributed by atoms with Gasteiger partial charge in [0.2, 0.25) is 0 Å². The monoisotopic (exact) mass is 298 g/mol. The van der Waals surface area contributed by atoms with Crippen molar-refractivity contribution in [1.29, 1.82) is 0 Å². The van der Waals surface area contributed by atoms with Crippen molar-refractivity contribution >= 4 is 17.2 Å². The molecule has 1 aromatic rings. The third-order valence-corrected chi connectivity index (χ3v) is 4.09. The van der Waals surface area contributed by atoms with E-state index in [2.05, 4.69) is 4.90 Å². The van der Waals surface area contributed by atoms with Gasteiger partial charge in [-0.1, -0.05) is 0 Å². The molecule has 0 saturated carbocycles. The highest BCUT2D eigenvalue weighted by molar-refractivity contribution is 7.08. The molecular weight excluding hydrogens is 276 g/mol. The second kappa shape index (κ2) is 7.73. The number of carbonyl (C=O) groups is 1. The quantitative estimate of drug-likeness (QED) is 0.848. The summed E-state index contributed by atoms with van der Waals surface area (Å²) in [5.74, 6) is 0.112. The number of nitrogens with zero attached hydrogens (tertiary/aromatic N) is 2. The molecule has 0 unspecified atom stereocenters. The topological polar surface area (TPSA) is 53.0 Å². The lowest BCUT2D eigenvalue weighted by atomic mass is 10.2. The van der Waals surface area contributed by atoms with E-state index in [1.165, 1.54) is 0 Å². The van der Waals surface area contributed by atoms with Gasteiger partial charge in [-0.2, -0.15) is 11.3 Å². The summed E-state index contributed by atoms with van der Waals surface area (Å²) in [6.45, 7) is 6.58. The van der Waals surface area contributed by atoms with Gasteiger partial charge in [-0.3, -0.25) is 9.69 Å². The van der Waals surface area contributed by atoms with Gasteiger partial charge in [-0.25, -0.2) is 0 Å². The molecule has 1 fully saturated rings. The molecule has 1 aliphatic heterocycles. The van der Waals surface area contributed by atoms with Gasteiger partial charge in [0, 0.05) is 44.7 Å². The minimum atomic E-state index is -0.450. The molecule has 0 aliphatic carbocycles. The molecule has 1 atom stereocenters. The van der Waals surface area contributed by atoms with Gasteiger partial charge >= 0.3 is 0 Å². The lowest BCUT2D eigenvalue weighted by Crippen LogP contribution is -2.50. The van der Waals surface area contributed by atoms with E-state index in [0.717, 1.165) is 31.7 Å². The average molecular weight is 298 g/mol. The molecule has 2 rings (SSSR count). The summed E-state index contributed by atoms with van der Waals surface area (Å²) < 4.78 is 5.21. The zero-order valence-corrected chi connectivity index (χ0v) is 12.6. The van der Waals surface area contributed by atoms with Gasteiger partial charge in [0.1, 0.15) is 0 Å². The van der Waals surface area contributed by atoms with E-state index in [4.69, 9.17) is 4.74 Å². The molecule has 1 amide bonds. The first-order valence-corrected chi connectivity index (χ1v) is 7.94. The Bertz CT molecular complexity index is 403. The SMILES string of the molecule is CCOC[C@@H](O)CN1CCN(C(=O)c2ccsc2)CC1. The number of aliphatic hydroxyl groups excluding tert-OH is 1. The number of hydrogen-bond acceptors (Lipinski definition) is 5. The maximum absolute atomic E-state index is 12.2. The van der Waals surface area contributed by atoms with E-state index in [-0.39, 0.29) is 5.91 Å². The lowest BCUT2D eigenvalue weighted by Gasteiger charge is -2.35. The molecule has 0 spiro atoms. The number of aliphatic hydroxyl groups is 1. The van der Waals surface area contributed by atoms with Crippen LogP contribution in [-0.4, -0.2) is 72.9 Å². The number of carbonyl (C=O) groups excluding carboxylic acids is 1. The van der Waals surface area contributed by atoms with E-state index >= 15 is 0 Å². The van der Waals surface area contributed by atoms with Gasteiger partial charge in [0.15, 0.2) is 0 Å². The Balaban J connectivity index is 1.73. The largest absolute Gasteiger partial charge is 0.389 e. The van der Waals surface area contributed by atoms with E-state index in [1.54, 1.807) is 11.3 Å². The molecule has 0 radical (unpaired) electrons. The summed E-state index contributed by atoms with van der Waals surface area (Å²) in [6.07, 6.45) is -0.450. The molecule has 20 heavy (non-hydrogen) atoms. The highest BCUT2D eigenvalue weighted by atomic mass is 32.1. The number of thiophene rings is 1. The normalized spacial score (nSPS) is 18.2. The van der Waals surface area contributed by atoms with Crippen LogP contribution in [0, 0.1) is 0 Å². The predicted molar refractivity (Wildman–Crippen MR) is 79.2 cm³/mol. The fraction of sp³-hybridized carbons (Fsp3) is 0.643. The molecule has 1 saturated heterocycles. The second-order valence-corrected chi connectivity index (χ2v) is 5.70. The molecular formula is C14H22N2O3S. The zero-order valence-electron chi connectivity index (χ0n) is 11.8. The van der Waals surface area contributed by atoms with E-state index in [0.29, 0.717) is 19.8 Å². The number of ether oxygens (including phenoxy) is 1. The molecule has 0 bridgehead atoms. The van der Waals surface area contributed by atoms with Crippen LogP contribution in [0.1, 0.15) is 17.3 Å². The van der Waals surface area contributed by atoms with Crippen LogP contribution in [0.5, 0.6) is 0 Å². The number of piperazine rings is 1. The van der Waals surface area contributed by atoms with Crippen LogP contribution in [0.3, 0.4) is 0 Å². The van der Waals surface area contributed by atoms with Gasteiger partial charge < -0.3 is 14.7 Å². The van der Waals surface area contributed by atoms with Crippen molar-refractivity contribution in [1.82, 2.24) is 9.80 Å². The van der Waals surface area contributed by atoms with Crippen molar-refractivity contribution in [2.75, 3.05) is 45.9 Å². The number of rotatable bonds is 6. The molecule has 1 N–H and O–H groups in total. The van der Waals surface area contributed by atoms with Crippen molar-refractivity contribution in [3.05, 3.63) is 22.4 Å². The van der Waals surface area contributed by atoms with Gasteiger partial charge in [-0.05, 0) is 18.4 Å². The maximum atomic E-state index is 12.2. The fourth-order valence-corrected chi connectivity index (χ4v) is 2.94. The van der Waals surface area contributed by atoms with Gasteiger partial charge in [0.05, 0.1) is 18.3 Å². The van der Waals surface area contributed by atoms with Crippen LogP contribution < -0.4 is 0 Å². The Kier molecular flexibility index (Phi) is 5.97. The van der Waals surface area contributed by atoms with Crippen LogP contribution in [0.4, 0.5) is 0 Å². The molecule has 0 aromatic carbocycles. The Hall–Kier alpha value is -0.950. The van der Waals surface area contributed by atoms with Crippen molar-refractivity contribution in [3.8, 4) is 0 Å². The summed E-state index contributed by atoms with van der Waals surface area (Å²) in [4.78, 5) is 16.2. The van der Waals surface area contributed by atoms with E-state index < -0.39 is 6.10 Å². The second-order valence-electron chi connectivity index (χ2n) is 4.92. The Labute approximate surface area is 123 Å². The summed E-state index contributed by atoms with van der Waals surface area (Å²) in [5, 5.41) is 13.6. The molecule has 2 heterocycles. The number of β-amino-alcohol motifs (C(OH)–C–C–N with tert-alkyl or cyclic N) is 1. The highest BCUT2D eigenvalue weighted by Gasteiger charge is 2.23. The summed E-state index contributed by atoms with van der Waals surface area (Å²) >= 11 is 1.54.